The lowest BCUT2D eigenvalue weighted by molar-refractivity contribution is 0.0985. The van der Waals surface area contributed by atoms with Gasteiger partial charge >= 0.3 is 0 Å². The van der Waals surface area contributed by atoms with Crippen molar-refractivity contribution in [1.29, 1.82) is 0 Å². The molecule has 0 saturated heterocycles. The first-order chi connectivity index (χ1) is 14.4. The van der Waals surface area contributed by atoms with Gasteiger partial charge in [-0.2, -0.15) is 0 Å². The molecule has 0 radical (unpaired) electrons. The summed E-state index contributed by atoms with van der Waals surface area (Å²) in [4.78, 5) is 28.5. The maximum Gasteiger partial charge on any atom is 0.258 e. The first-order valence-corrected chi connectivity index (χ1v) is 10.9. The second-order valence-electron chi connectivity index (χ2n) is 7.22. The zero-order chi connectivity index (χ0) is 21.3. The molecule has 1 aliphatic rings. The van der Waals surface area contributed by atoms with Crippen LogP contribution in [0.15, 0.2) is 48.5 Å². The Kier molecular flexibility index (Phi) is 5.88. The molecule has 0 bridgehead atoms. The van der Waals surface area contributed by atoms with Gasteiger partial charge in [-0.05, 0) is 74.2 Å². The van der Waals surface area contributed by atoms with Gasteiger partial charge in [0.05, 0.1) is 10.0 Å². The van der Waals surface area contributed by atoms with Crippen LogP contribution < -0.4 is 10.2 Å². The molecular formula is C23H20ClFN2O2S. The van der Waals surface area contributed by atoms with Gasteiger partial charge in [0.25, 0.3) is 11.8 Å². The minimum Gasteiger partial charge on any atom is -0.322 e. The number of anilines is 2. The highest BCUT2D eigenvalue weighted by Crippen LogP contribution is 2.37. The van der Waals surface area contributed by atoms with Crippen molar-refractivity contribution >= 4 is 46.1 Å². The number of aryl methyl sites for hydroxylation is 1. The number of amides is 2. The maximum absolute atomic E-state index is 13.7. The number of hydrogen-bond acceptors (Lipinski definition) is 3. The third-order valence-electron chi connectivity index (χ3n) is 5.23. The van der Waals surface area contributed by atoms with Gasteiger partial charge in [-0.3, -0.25) is 9.59 Å². The number of carbonyl (C=O) groups is 2. The van der Waals surface area contributed by atoms with Gasteiger partial charge in [-0.25, -0.2) is 4.39 Å². The standard InChI is InChI=1S/C23H20ClFN2O2S/c1-14-17(5-4-6-18(14)25)22(28)26-16-10-8-15(9-11-16)23(29)27-12-3-2-7-20-19(27)13-21(24)30-20/h4-6,8-11,13H,2-3,7,12H2,1H3,(H,26,28). The molecule has 2 amide bonds. The van der Waals surface area contributed by atoms with Crippen LogP contribution in [0.5, 0.6) is 0 Å². The summed E-state index contributed by atoms with van der Waals surface area (Å²) >= 11 is 7.70. The minimum atomic E-state index is -0.422. The van der Waals surface area contributed by atoms with Crippen molar-refractivity contribution in [3.8, 4) is 0 Å². The molecule has 0 saturated carbocycles. The largest absolute Gasteiger partial charge is 0.322 e. The van der Waals surface area contributed by atoms with Gasteiger partial charge in [-0.15, -0.1) is 11.3 Å². The van der Waals surface area contributed by atoms with Crippen molar-refractivity contribution in [2.45, 2.75) is 26.2 Å². The lowest BCUT2D eigenvalue weighted by Crippen LogP contribution is -2.31. The van der Waals surface area contributed by atoms with Crippen LogP contribution in [0.2, 0.25) is 4.34 Å². The monoisotopic (exact) mass is 442 g/mol. The van der Waals surface area contributed by atoms with Crippen LogP contribution in [0.25, 0.3) is 0 Å². The fourth-order valence-electron chi connectivity index (χ4n) is 3.59. The molecule has 1 aromatic heterocycles. The smallest absolute Gasteiger partial charge is 0.258 e. The van der Waals surface area contributed by atoms with Crippen molar-refractivity contribution in [3.63, 3.8) is 0 Å². The molecule has 0 unspecified atom stereocenters. The van der Waals surface area contributed by atoms with Gasteiger partial charge in [0.2, 0.25) is 0 Å². The molecule has 2 heterocycles. The Balaban J connectivity index is 1.51. The Labute approximate surface area is 183 Å². The average molecular weight is 443 g/mol. The molecule has 0 atom stereocenters. The predicted octanol–water partition coefficient (Wildman–Crippen LogP) is 6.08. The Morgan fingerprint density at radius 2 is 1.90 bits per heavy atom. The molecule has 4 rings (SSSR count). The predicted molar refractivity (Wildman–Crippen MR) is 119 cm³/mol. The average Bonchev–Trinajstić information content (AvgIpc) is 2.99. The molecule has 154 valence electrons. The molecule has 0 spiro atoms. The number of benzene rings is 2. The molecule has 2 aromatic carbocycles. The van der Waals surface area contributed by atoms with Crippen LogP contribution in [0.4, 0.5) is 15.8 Å². The summed E-state index contributed by atoms with van der Waals surface area (Å²) in [7, 11) is 0. The van der Waals surface area contributed by atoms with Crippen LogP contribution in [0.1, 0.15) is 44.0 Å². The summed E-state index contributed by atoms with van der Waals surface area (Å²) < 4.78 is 14.4. The fourth-order valence-corrected chi connectivity index (χ4v) is 4.89. The Morgan fingerprint density at radius 3 is 2.67 bits per heavy atom. The molecule has 1 aliphatic heterocycles. The normalized spacial score (nSPS) is 13.5. The quantitative estimate of drug-likeness (QED) is 0.534. The van der Waals surface area contributed by atoms with E-state index in [2.05, 4.69) is 5.32 Å². The van der Waals surface area contributed by atoms with E-state index in [4.69, 9.17) is 11.6 Å². The van der Waals surface area contributed by atoms with E-state index in [0.717, 1.165) is 29.8 Å². The summed E-state index contributed by atoms with van der Waals surface area (Å²) in [5.41, 5.74) is 2.54. The topological polar surface area (TPSA) is 49.4 Å². The highest BCUT2D eigenvalue weighted by atomic mass is 35.5. The number of nitrogens with zero attached hydrogens (tertiary/aromatic N) is 1. The second kappa shape index (κ2) is 8.58. The maximum atomic E-state index is 13.7. The van der Waals surface area contributed by atoms with Crippen LogP contribution in [-0.4, -0.2) is 18.4 Å². The van der Waals surface area contributed by atoms with Gasteiger partial charge in [0.1, 0.15) is 5.82 Å². The van der Waals surface area contributed by atoms with E-state index in [9.17, 15) is 14.0 Å². The van der Waals surface area contributed by atoms with E-state index in [1.165, 1.54) is 23.5 Å². The molecule has 7 heteroatoms. The van der Waals surface area contributed by atoms with E-state index >= 15 is 0 Å². The third kappa shape index (κ3) is 4.11. The Hall–Kier alpha value is -2.70. The second-order valence-corrected chi connectivity index (χ2v) is 8.98. The van der Waals surface area contributed by atoms with Gasteiger partial charge in [0, 0.05) is 28.2 Å². The van der Waals surface area contributed by atoms with Gasteiger partial charge < -0.3 is 10.2 Å². The molecule has 0 aliphatic carbocycles. The molecular weight excluding hydrogens is 423 g/mol. The summed E-state index contributed by atoms with van der Waals surface area (Å²) in [6.45, 7) is 2.22. The molecule has 0 fully saturated rings. The van der Waals surface area contributed by atoms with E-state index in [0.29, 0.717) is 27.7 Å². The van der Waals surface area contributed by atoms with E-state index in [1.54, 1.807) is 42.2 Å². The SMILES string of the molecule is Cc1c(F)cccc1C(=O)Nc1ccc(C(=O)N2CCCCc3sc(Cl)cc32)cc1. The fraction of sp³-hybridized carbons (Fsp3) is 0.217. The van der Waals surface area contributed by atoms with Crippen molar-refractivity contribution in [3.05, 3.63) is 80.3 Å². The van der Waals surface area contributed by atoms with Crippen LogP contribution in [0, 0.1) is 12.7 Å². The number of thiophene rings is 1. The number of hydrogen-bond donors (Lipinski definition) is 1. The van der Waals surface area contributed by atoms with Gasteiger partial charge in [0.15, 0.2) is 0 Å². The van der Waals surface area contributed by atoms with E-state index < -0.39 is 11.7 Å². The van der Waals surface area contributed by atoms with Crippen molar-refractivity contribution < 1.29 is 14.0 Å². The molecule has 1 N–H and O–H groups in total. The summed E-state index contributed by atoms with van der Waals surface area (Å²) in [6, 6.07) is 13.0. The van der Waals surface area contributed by atoms with Crippen LogP contribution in [0.3, 0.4) is 0 Å². The molecule has 3 aromatic rings. The Bertz CT molecular complexity index is 1110. The molecule has 30 heavy (non-hydrogen) atoms. The molecule has 4 nitrogen and oxygen atoms in total. The van der Waals surface area contributed by atoms with E-state index in [1.807, 2.05) is 6.07 Å². The zero-order valence-electron chi connectivity index (χ0n) is 16.4. The highest BCUT2D eigenvalue weighted by molar-refractivity contribution is 7.16. The number of rotatable bonds is 3. The zero-order valence-corrected chi connectivity index (χ0v) is 17.9. The summed E-state index contributed by atoms with van der Waals surface area (Å²) in [6.07, 6.45) is 2.89. The minimum absolute atomic E-state index is 0.0912. The lowest BCUT2D eigenvalue weighted by atomic mass is 10.1. The lowest BCUT2D eigenvalue weighted by Gasteiger charge is -2.21. The van der Waals surface area contributed by atoms with Crippen LogP contribution in [-0.2, 0) is 6.42 Å². The number of nitrogens with one attached hydrogen (secondary N) is 1. The van der Waals surface area contributed by atoms with E-state index in [-0.39, 0.29) is 11.5 Å². The third-order valence-corrected chi connectivity index (χ3v) is 6.54. The van der Waals surface area contributed by atoms with Gasteiger partial charge in [-0.1, -0.05) is 17.7 Å². The number of carbonyl (C=O) groups excluding carboxylic acids is 2. The highest BCUT2D eigenvalue weighted by Gasteiger charge is 2.24. The van der Waals surface area contributed by atoms with Crippen molar-refractivity contribution in [2.75, 3.05) is 16.8 Å². The number of halogens is 2. The van der Waals surface area contributed by atoms with Crippen LogP contribution >= 0.6 is 22.9 Å². The first-order valence-electron chi connectivity index (χ1n) is 9.70. The summed E-state index contributed by atoms with van der Waals surface area (Å²) in [5.74, 6) is -0.906. The van der Waals surface area contributed by atoms with Crippen molar-refractivity contribution in [1.82, 2.24) is 0 Å². The Morgan fingerprint density at radius 1 is 1.13 bits per heavy atom. The first kappa shape index (κ1) is 20.6. The number of fused-ring (bicyclic) bond motifs is 1. The van der Waals surface area contributed by atoms with Crippen molar-refractivity contribution in [2.24, 2.45) is 0 Å². The summed E-state index contributed by atoms with van der Waals surface area (Å²) in [5, 5.41) is 2.75.